The molecule has 216 valence electrons. The lowest BCUT2D eigenvalue weighted by Crippen LogP contribution is -2.36. The molecule has 0 amide bonds. The van der Waals surface area contributed by atoms with E-state index in [0.29, 0.717) is 44.4 Å². The number of aryl methyl sites for hydroxylation is 2. The summed E-state index contributed by atoms with van der Waals surface area (Å²) in [4.78, 5) is 33.5. The minimum absolute atomic E-state index is 0.0230. The van der Waals surface area contributed by atoms with E-state index in [4.69, 9.17) is 15.9 Å². The molecule has 0 fully saturated rings. The number of carbonyl (C=O) groups is 2. The van der Waals surface area contributed by atoms with E-state index >= 15 is 0 Å². The Morgan fingerprint density at radius 3 is 2.60 bits per heavy atom. The highest BCUT2D eigenvalue weighted by atomic mass is 32.2. The van der Waals surface area contributed by atoms with E-state index in [-0.39, 0.29) is 35.2 Å². The number of sulfonamides is 1. The number of nitrogens with zero attached hydrogens (tertiary/aromatic N) is 2. The number of carbonyl (C=O) groups excluding carboxylic acids is 2. The largest absolute Gasteiger partial charge is 0.465 e. The molecule has 0 aliphatic rings. The van der Waals surface area contributed by atoms with Crippen molar-refractivity contribution >= 4 is 65.8 Å². The molecule has 2 aromatic heterocycles. The van der Waals surface area contributed by atoms with Crippen molar-refractivity contribution in [2.24, 2.45) is 5.73 Å². The van der Waals surface area contributed by atoms with Crippen molar-refractivity contribution < 1.29 is 22.7 Å². The zero-order chi connectivity index (χ0) is 30.0. The lowest BCUT2D eigenvalue weighted by atomic mass is 9.99. The average Bonchev–Trinajstić information content (AvgIpc) is 3.58. The second-order valence-electron chi connectivity index (χ2n) is 9.66. The number of aromatic nitrogens is 2. The summed E-state index contributed by atoms with van der Waals surface area (Å²) < 4.78 is 34.9. The maximum atomic E-state index is 14.1. The highest BCUT2D eigenvalue weighted by Gasteiger charge is 2.31. The van der Waals surface area contributed by atoms with Crippen molar-refractivity contribution in [2.45, 2.75) is 31.6 Å². The van der Waals surface area contributed by atoms with Gasteiger partial charge in [-0.3, -0.25) is 19.3 Å². The number of para-hydroxylation sites is 1. The van der Waals surface area contributed by atoms with E-state index in [1.807, 2.05) is 12.1 Å². The molecule has 42 heavy (non-hydrogen) atoms. The number of esters is 1. The van der Waals surface area contributed by atoms with Crippen LogP contribution in [0.1, 0.15) is 40.5 Å². The van der Waals surface area contributed by atoms with Crippen LogP contribution in [0, 0.1) is 12.3 Å². The molecule has 0 atom stereocenters. The predicted octanol–water partition coefficient (Wildman–Crippen LogP) is 4.94. The van der Waals surface area contributed by atoms with E-state index in [1.165, 1.54) is 17.4 Å². The van der Waals surface area contributed by atoms with Crippen LogP contribution in [0.5, 0.6) is 0 Å². The second kappa shape index (κ2) is 11.7. The molecular weight excluding hydrogens is 574 g/mol. The predicted molar refractivity (Wildman–Crippen MR) is 164 cm³/mol. The van der Waals surface area contributed by atoms with Crippen LogP contribution in [-0.2, 0) is 26.0 Å². The number of hydrogen-bond donors (Lipinski definition) is 3. The Labute approximate surface area is 246 Å². The molecule has 5 aromatic rings. The molecule has 3 aromatic carbocycles. The maximum absolute atomic E-state index is 14.1. The molecule has 0 saturated carbocycles. The van der Waals surface area contributed by atoms with Gasteiger partial charge in [-0.15, -0.1) is 11.3 Å². The van der Waals surface area contributed by atoms with Crippen molar-refractivity contribution in [2.75, 3.05) is 17.5 Å². The molecular formula is C30H29N5O5S2. The number of thiazole rings is 1. The van der Waals surface area contributed by atoms with Crippen molar-refractivity contribution in [1.29, 1.82) is 5.41 Å². The smallest absolute Gasteiger partial charge is 0.326 e. The third-order valence-electron chi connectivity index (χ3n) is 6.91. The van der Waals surface area contributed by atoms with Crippen LogP contribution in [0.4, 0.5) is 5.69 Å². The molecule has 0 unspecified atom stereocenters. The van der Waals surface area contributed by atoms with E-state index in [9.17, 15) is 18.0 Å². The summed E-state index contributed by atoms with van der Waals surface area (Å²) in [7, 11) is -4.26. The summed E-state index contributed by atoms with van der Waals surface area (Å²) in [5.74, 6) is -0.840. The zero-order valence-corrected chi connectivity index (χ0v) is 24.6. The Kier molecular flexibility index (Phi) is 8.10. The first-order valence-corrected chi connectivity index (χ1v) is 15.5. The van der Waals surface area contributed by atoms with Crippen LogP contribution in [0.25, 0.3) is 21.1 Å². The van der Waals surface area contributed by atoms with Gasteiger partial charge in [0.2, 0.25) is 0 Å². The summed E-state index contributed by atoms with van der Waals surface area (Å²) in [6, 6.07) is 17.0. The Hall–Kier alpha value is -4.55. The van der Waals surface area contributed by atoms with Crippen LogP contribution < -0.4 is 10.0 Å². The van der Waals surface area contributed by atoms with Crippen LogP contribution in [0.2, 0.25) is 0 Å². The second-order valence-corrected chi connectivity index (χ2v) is 12.4. The first-order chi connectivity index (χ1) is 20.1. The van der Waals surface area contributed by atoms with Crippen molar-refractivity contribution in [3.63, 3.8) is 0 Å². The van der Waals surface area contributed by atoms with Crippen LogP contribution in [-0.4, -0.2) is 49.1 Å². The topological polar surface area (TPSA) is 159 Å². The van der Waals surface area contributed by atoms with Crippen LogP contribution in [0.15, 0.2) is 71.1 Å². The number of fused-ring (bicyclic) bond motifs is 2. The van der Waals surface area contributed by atoms with E-state index in [1.54, 1.807) is 61.8 Å². The summed E-state index contributed by atoms with van der Waals surface area (Å²) in [5, 5.41) is 8.10. The minimum Gasteiger partial charge on any atom is -0.465 e. The Morgan fingerprint density at radius 2 is 1.88 bits per heavy atom. The van der Waals surface area contributed by atoms with Gasteiger partial charge in [0.25, 0.3) is 10.0 Å². The number of hydrogen-bond acceptors (Lipinski definition) is 8. The number of benzene rings is 3. The van der Waals surface area contributed by atoms with Gasteiger partial charge in [-0.05, 0) is 56.2 Å². The van der Waals surface area contributed by atoms with Gasteiger partial charge in [-0.1, -0.05) is 30.3 Å². The number of ether oxygens (including phenoxy) is 1. The van der Waals surface area contributed by atoms with Gasteiger partial charge in [0.05, 0.1) is 22.5 Å². The van der Waals surface area contributed by atoms with Gasteiger partial charge in [0.1, 0.15) is 22.8 Å². The maximum Gasteiger partial charge on any atom is 0.326 e. The summed E-state index contributed by atoms with van der Waals surface area (Å²) in [6.07, 6.45) is 0.692. The molecule has 12 heteroatoms. The molecule has 0 bridgehead atoms. The van der Waals surface area contributed by atoms with E-state index in [2.05, 4.69) is 9.97 Å². The number of anilines is 1. The molecule has 2 heterocycles. The normalized spacial score (nSPS) is 11.6. The SMILES string of the molecule is CCOC(=O)CN(c1ccc2[nH]c(C)c(C(=O)CCc3ccc(C(=N)N)cc3)c2c1)S(=O)(=O)c1cccc2scnc12. The molecule has 0 radical (unpaired) electrons. The van der Waals surface area contributed by atoms with Crippen molar-refractivity contribution in [3.05, 3.63) is 88.6 Å². The summed E-state index contributed by atoms with van der Waals surface area (Å²) >= 11 is 1.32. The van der Waals surface area contributed by atoms with Crippen LogP contribution >= 0.6 is 11.3 Å². The van der Waals surface area contributed by atoms with E-state index < -0.39 is 22.5 Å². The average molecular weight is 604 g/mol. The van der Waals surface area contributed by atoms with Gasteiger partial charge < -0.3 is 15.5 Å². The Bertz CT molecular complexity index is 1930. The number of ketones is 1. The number of amidine groups is 1. The van der Waals surface area contributed by atoms with E-state index in [0.717, 1.165) is 9.87 Å². The van der Waals surface area contributed by atoms with Gasteiger partial charge in [0, 0.05) is 34.1 Å². The lowest BCUT2D eigenvalue weighted by molar-refractivity contribution is -0.141. The van der Waals surface area contributed by atoms with Gasteiger partial charge >= 0.3 is 5.97 Å². The van der Waals surface area contributed by atoms with Crippen molar-refractivity contribution in [1.82, 2.24) is 9.97 Å². The standard InChI is InChI=1S/C30H29N5O5S2/c1-3-40-27(37)16-35(42(38,39)26-6-4-5-25-29(26)33-17-41-25)21-12-13-23-22(15-21)28(18(2)34-23)24(36)14-9-19-7-10-20(11-8-19)30(31)32/h4-8,10-13,15,17,34H,3,9,14,16H2,1-2H3,(H3,31,32). The Balaban J connectivity index is 1.52. The molecule has 10 nitrogen and oxygen atoms in total. The fraction of sp³-hybridized carbons (Fsp3) is 0.200. The van der Waals surface area contributed by atoms with Gasteiger partial charge in [-0.25, -0.2) is 13.4 Å². The molecule has 0 saturated heterocycles. The third kappa shape index (κ3) is 5.63. The molecule has 0 spiro atoms. The highest BCUT2D eigenvalue weighted by molar-refractivity contribution is 7.93. The number of aromatic amines is 1. The highest BCUT2D eigenvalue weighted by Crippen LogP contribution is 2.33. The molecule has 4 N–H and O–H groups in total. The number of nitrogens with two attached hydrogens (primary N) is 1. The number of rotatable bonds is 11. The summed E-state index contributed by atoms with van der Waals surface area (Å²) in [6.45, 7) is 2.99. The minimum atomic E-state index is -4.26. The quantitative estimate of drug-likeness (QED) is 0.0834. The first-order valence-electron chi connectivity index (χ1n) is 13.2. The monoisotopic (exact) mass is 603 g/mol. The van der Waals surface area contributed by atoms with Gasteiger partial charge in [-0.2, -0.15) is 0 Å². The third-order valence-corrected chi connectivity index (χ3v) is 9.51. The summed E-state index contributed by atoms with van der Waals surface area (Å²) in [5.41, 5.74) is 11.0. The number of Topliss-reactive ketones (excluding diaryl/α,β-unsaturated/α-hetero) is 1. The van der Waals surface area contributed by atoms with Crippen molar-refractivity contribution in [3.8, 4) is 0 Å². The molecule has 5 rings (SSSR count). The fourth-order valence-electron chi connectivity index (χ4n) is 4.89. The first kappa shape index (κ1) is 29.0. The molecule has 0 aliphatic carbocycles. The number of H-pyrrole nitrogens is 1. The van der Waals surface area contributed by atoms with Crippen LogP contribution in [0.3, 0.4) is 0 Å². The number of nitrogens with one attached hydrogen (secondary N) is 2. The Morgan fingerprint density at radius 1 is 1.12 bits per heavy atom. The van der Waals surface area contributed by atoms with Gasteiger partial charge in [0.15, 0.2) is 5.78 Å². The lowest BCUT2D eigenvalue weighted by Gasteiger charge is -2.24. The fourth-order valence-corrected chi connectivity index (χ4v) is 7.22. The molecule has 0 aliphatic heterocycles. The number of nitrogen functional groups attached to an aromatic ring is 1. The zero-order valence-electron chi connectivity index (χ0n) is 23.0.